The van der Waals surface area contributed by atoms with E-state index in [9.17, 15) is 4.79 Å². The van der Waals surface area contributed by atoms with Gasteiger partial charge in [-0.25, -0.2) is 4.98 Å². The van der Waals surface area contributed by atoms with Crippen LogP contribution in [-0.4, -0.2) is 22.1 Å². The van der Waals surface area contributed by atoms with Gasteiger partial charge in [-0.2, -0.15) is 0 Å². The van der Waals surface area contributed by atoms with E-state index in [0.29, 0.717) is 5.75 Å². The maximum atomic E-state index is 12.1. The van der Waals surface area contributed by atoms with Crippen molar-refractivity contribution in [2.45, 2.75) is 13.0 Å². The molecule has 1 heterocycles. The number of nitrogens with zero attached hydrogens (tertiary/aromatic N) is 2. The standard InChI is InChI=1S/C19H18BrN3O2/c1-14(15-5-7-17(8-6-15)23-10-9-21-13-23)22-19(24)12-25-18-4-2-3-16(20)11-18/h2-11,13-14H,12H2,1H3,(H,22,24)/t14-/m1/s1. The van der Waals surface area contributed by atoms with E-state index < -0.39 is 0 Å². The highest BCUT2D eigenvalue weighted by Crippen LogP contribution is 2.18. The van der Waals surface area contributed by atoms with E-state index in [4.69, 9.17) is 4.74 Å². The molecule has 0 aliphatic carbocycles. The molecule has 0 radical (unpaired) electrons. The average Bonchev–Trinajstić information content (AvgIpc) is 3.15. The van der Waals surface area contributed by atoms with Crippen LogP contribution in [0.25, 0.3) is 5.69 Å². The molecule has 0 aliphatic rings. The third-order valence-corrected chi connectivity index (χ3v) is 4.23. The van der Waals surface area contributed by atoms with Crippen LogP contribution in [0.4, 0.5) is 0 Å². The van der Waals surface area contributed by atoms with Crippen LogP contribution in [0.1, 0.15) is 18.5 Å². The van der Waals surface area contributed by atoms with Crippen LogP contribution >= 0.6 is 15.9 Å². The van der Waals surface area contributed by atoms with E-state index >= 15 is 0 Å². The Morgan fingerprint density at radius 1 is 1.28 bits per heavy atom. The molecule has 1 atom stereocenters. The summed E-state index contributed by atoms with van der Waals surface area (Å²) in [6.07, 6.45) is 5.38. The van der Waals surface area contributed by atoms with Crippen molar-refractivity contribution in [3.63, 3.8) is 0 Å². The number of halogens is 1. The topological polar surface area (TPSA) is 56.1 Å². The first-order valence-electron chi connectivity index (χ1n) is 7.88. The number of carbonyl (C=O) groups excluding carboxylic acids is 1. The second-order valence-corrected chi connectivity index (χ2v) is 6.51. The Kier molecular flexibility index (Phi) is 5.50. The molecule has 128 valence electrons. The molecule has 3 aromatic rings. The first-order chi connectivity index (χ1) is 12.1. The van der Waals surface area contributed by atoms with Crippen molar-refractivity contribution in [3.8, 4) is 11.4 Å². The van der Waals surface area contributed by atoms with E-state index in [2.05, 4.69) is 26.2 Å². The molecule has 0 aliphatic heterocycles. The normalized spacial score (nSPS) is 11.8. The average molecular weight is 400 g/mol. The van der Waals surface area contributed by atoms with Crippen LogP contribution in [0.2, 0.25) is 0 Å². The Morgan fingerprint density at radius 3 is 2.76 bits per heavy atom. The van der Waals surface area contributed by atoms with Crippen LogP contribution in [-0.2, 0) is 4.79 Å². The van der Waals surface area contributed by atoms with Crippen molar-refractivity contribution in [1.29, 1.82) is 0 Å². The summed E-state index contributed by atoms with van der Waals surface area (Å²) in [6.45, 7) is 1.93. The fraction of sp³-hybridized carbons (Fsp3) is 0.158. The van der Waals surface area contributed by atoms with Crippen molar-refractivity contribution in [3.05, 3.63) is 77.3 Å². The number of imidazole rings is 1. The third-order valence-electron chi connectivity index (χ3n) is 3.74. The van der Waals surface area contributed by atoms with Crippen LogP contribution in [0.5, 0.6) is 5.75 Å². The highest BCUT2D eigenvalue weighted by atomic mass is 79.9. The molecule has 0 saturated heterocycles. The minimum Gasteiger partial charge on any atom is -0.484 e. The molecule has 3 rings (SSSR count). The maximum absolute atomic E-state index is 12.1. The van der Waals surface area contributed by atoms with E-state index in [0.717, 1.165) is 15.7 Å². The molecule has 2 aromatic carbocycles. The zero-order valence-electron chi connectivity index (χ0n) is 13.7. The number of benzene rings is 2. The van der Waals surface area contributed by atoms with Gasteiger partial charge in [0.15, 0.2) is 6.61 Å². The summed E-state index contributed by atoms with van der Waals surface area (Å²) in [6, 6.07) is 15.3. The zero-order valence-corrected chi connectivity index (χ0v) is 15.3. The molecule has 0 bridgehead atoms. The van der Waals surface area contributed by atoms with Crippen LogP contribution in [0.3, 0.4) is 0 Å². The van der Waals surface area contributed by atoms with Gasteiger partial charge in [-0.05, 0) is 42.8 Å². The highest BCUT2D eigenvalue weighted by molar-refractivity contribution is 9.10. The summed E-state index contributed by atoms with van der Waals surface area (Å²) >= 11 is 3.37. The van der Waals surface area contributed by atoms with Crippen LogP contribution in [0, 0.1) is 0 Å². The fourth-order valence-corrected chi connectivity index (χ4v) is 2.80. The molecule has 1 amide bonds. The Morgan fingerprint density at radius 2 is 2.08 bits per heavy atom. The molecular formula is C19H18BrN3O2. The lowest BCUT2D eigenvalue weighted by Crippen LogP contribution is -2.31. The highest BCUT2D eigenvalue weighted by Gasteiger charge is 2.10. The summed E-state index contributed by atoms with van der Waals surface area (Å²) in [4.78, 5) is 16.1. The van der Waals surface area contributed by atoms with Gasteiger partial charge >= 0.3 is 0 Å². The van der Waals surface area contributed by atoms with Crippen molar-refractivity contribution >= 4 is 21.8 Å². The van der Waals surface area contributed by atoms with Gasteiger partial charge in [-0.15, -0.1) is 0 Å². The van der Waals surface area contributed by atoms with Gasteiger partial charge in [0.1, 0.15) is 5.75 Å². The smallest absolute Gasteiger partial charge is 0.258 e. The quantitative estimate of drug-likeness (QED) is 0.683. The lowest BCUT2D eigenvalue weighted by Gasteiger charge is -2.15. The summed E-state index contributed by atoms with van der Waals surface area (Å²) in [7, 11) is 0. The van der Waals surface area contributed by atoms with E-state index in [1.807, 2.05) is 66.2 Å². The molecule has 6 heteroatoms. The summed E-state index contributed by atoms with van der Waals surface area (Å²) in [5.41, 5.74) is 2.05. The van der Waals surface area contributed by atoms with Crippen LogP contribution in [0.15, 0.2) is 71.7 Å². The van der Waals surface area contributed by atoms with E-state index in [1.54, 1.807) is 12.5 Å². The molecule has 5 nitrogen and oxygen atoms in total. The molecule has 0 spiro atoms. The predicted octanol–water partition coefficient (Wildman–Crippen LogP) is 3.89. The van der Waals surface area contributed by atoms with Gasteiger partial charge in [0.2, 0.25) is 0 Å². The molecule has 0 fully saturated rings. The first kappa shape index (κ1) is 17.2. The van der Waals surface area contributed by atoms with Crippen molar-refractivity contribution in [2.75, 3.05) is 6.61 Å². The fourth-order valence-electron chi connectivity index (χ4n) is 2.42. The zero-order chi connectivity index (χ0) is 17.6. The van der Waals surface area contributed by atoms with Crippen molar-refractivity contribution in [1.82, 2.24) is 14.9 Å². The Hall–Kier alpha value is -2.60. The Labute approximate surface area is 154 Å². The van der Waals surface area contributed by atoms with Gasteiger partial charge < -0.3 is 14.6 Å². The molecule has 25 heavy (non-hydrogen) atoms. The number of nitrogens with one attached hydrogen (secondary N) is 1. The molecule has 1 N–H and O–H groups in total. The SMILES string of the molecule is C[C@@H](NC(=O)COc1cccc(Br)c1)c1ccc(-n2ccnc2)cc1. The number of amides is 1. The van der Waals surface area contributed by atoms with Gasteiger partial charge in [0.25, 0.3) is 5.91 Å². The summed E-state index contributed by atoms with van der Waals surface area (Å²) in [5, 5.41) is 2.94. The summed E-state index contributed by atoms with van der Waals surface area (Å²) < 4.78 is 8.34. The first-order valence-corrected chi connectivity index (χ1v) is 8.67. The molecule has 1 aromatic heterocycles. The number of hydrogen-bond donors (Lipinski definition) is 1. The number of aromatic nitrogens is 2. The molecule has 0 saturated carbocycles. The van der Waals surface area contributed by atoms with Gasteiger partial charge in [0, 0.05) is 22.6 Å². The van der Waals surface area contributed by atoms with Gasteiger partial charge in [-0.1, -0.05) is 34.1 Å². The lowest BCUT2D eigenvalue weighted by atomic mass is 10.1. The largest absolute Gasteiger partial charge is 0.484 e. The van der Waals surface area contributed by atoms with Crippen molar-refractivity contribution < 1.29 is 9.53 Å². The van der Waals surface area contributed by atoms with Crippen LogP contribution < -0.4 is 10.1 Å². The number of carbonyl (C=O) groups is 1. The van der Waals surface area contributed by atoms with Crippen molar-refractivity contribution in [2.24, 2.45) is 0 Å². The second kappa shape index (κ2) is 7.98. The van der Waals surface area contributed by atoms with Gasteiger partial charge in [-0.3, -0.25) is 4.79 Å². The predicted molar refractivity (Wildman–Crippen MR) is 99.8 cm³/mol. The molecule has 0 unspecified atom stereocenters. The number of hydrogen-bond acceptors (Lipinski definition) is 3. The number of ether oxygens (including phenoxy) is 1. The number of rotatable bonds is 6. The third kappa shape index (κ3) is 4.70. The van der Waals surface area contributed by atoms with E-state index in [-0.39, 0.29) is 18.6 Å². The Balaban J connectivity index is 1.54. The maximum Gasteiger partial charge on any atom is 0.258 e. The Bertz CT molecular complexity index is 832. The monoisotopic (exact) mass is 399 g/mol. The van der Waals surface area contributed by atoms with E-state index in [1.165, 1.54) is 0 Å². The second-order valence-electron chi connectivity index (χ2n) is 5.60. The summed E-state index contributed by atoms with van der Waals surface area (Å²) in [5.74, 6) is 0.494. The lowest BCUT2D eigenvalue weighted by molar-refractivity contribution is -0.123. The van der Waals surface area contributed by atoms with Gasteiger partial charge in [0.05, 0.1) is 12.4 Å². The minimum absolute atomic E-state index is 0.0199. The molecular weight excluding hydrogens is 382 g/mol. The minimum atomic E-state index is -0.161.